The molecule has 2 heterocycles. The van der Waals surface area contributed by atoms with Crippen molar-refractivity contribution in [3.05, 3.63) is 0 Å². The number of carboxylic acid groups (broad SMARTS) is 2. The van der Waals surface area contributed by atoms with Crippen molar-refractivity contribution in [1.82, 2.24) is 15.1 Å². The molecule has 8 nitrogen and oxygen atoms in total. The molecular formula is C12H18F3N3O5. The van der Waals surface area contributed by atoms with Gasteiger partial charge in [-0.15, -0.1) is 0 Å². The number of hydrogen-bond donors (Lipinski definition) is 3. The lowest BCUT2D eigenvalue weighted by Gasteiger charge is -2.28. The van der Waals surface area contributed by atoms with Crippen molar-refractivity contribution < 1.29 is 37.8 Å². The summed E-state index contributed by atoms with van der Waals surface area (Å²) < 4.78 is 31.7. The molecule has 2 amide bonds. The van der Waals surface area contributed by atoms with Crippen LogP contribution in [0.5, 0.6) is 0 Å². The van der Waals surface area contributed by atoms with Gasteiger partial charge < -0.3 is 25.3 Å². The molecule has 0 radical (unpaired) electrons. The van der Waals surface area contributed by atoms with Crippen LogP contribution >= 0.6 is 0 Å². The standard InChI is InChI=1S/C10H17N3O3.C2HF3O2/c1-7(4-9(14)15)13-6-8-5-11-2-3-12(8)10(13)16;3-2(4,5)1(6)7/h7-8,11H,2-6H2,1H3,(H,14,15);(H,6,7)/t7-,8-;/m0./s1. The van der Waals surface area contributed by atoms with Gasteiger partial charge in [0.25, 0.3) is 0 Å². The summed E-state index contributed by atoms with van der Waals surface area (Å²) in [5.41, 5.74) is 0. The van der Waals surface area contributed by atoms with Crippen LogP contribution in [-0.2, 0) is 9.59 Å². The van der Waals surface area contributed by atoms with Gasteiger partial charge in [-0.1, -0.05) is 0 Å². The molecule has 0 aromatic rings. The van der Waals surface area contributed by atoms with E-state index in [9.17, 15) is 22.8 Å². The normalized spacial score (nSPS) is 22.1. The number of nitrogens with zero attached hydrogens (tertiary/aromatic N) is 2. The molecule has 132 valence electrons. The second kappa shape index (κ2) is 7.49. The maximum Gasteiger partial charge on any atom is 0.490 e. The van der Waals surface area contributed by atoms with E-state index < -0.39 is 18.1 Å². The first-order valence-corrected chi connectivity index (χ1v) is 6.84. The molecule has 0 saturated carbocycles. The van der Waals surface area contributed by atoms with Crippen LogP contribution in [0.15, 0.2) is 0 Å². The molecule has 2 aliphatic rings. The summed E-state index contributed by atoms with van der Waals surface area (Å²) in [4.78, 5) is 35.0. The van der Waals surface area contributed by atoms with Crippen molar-refractivity contribution in [1.29, 1.82) is 0 Å². The van der Waals surface area contributed by atoms with E-state index in [-0.39, 0.29) is 24.5 Å². The molecule has 0 spiro atoms. The molecule has 2 atom stereocenters. The predicted molar refractivity (Wildman–Crippen MR) is 70.9 cm³/mol. The van der Waals surface area contributed by atoms with Gasteiger partial charge in [-0.2, -0.15) is 13.2 Å². The minimum absolute atomic E-state index is 0.0136. The van der Waals surface area contributed by atoms with Crippen LogP contribution in [0.4, 0.5) is 18.0 Å². The minimum atomic E-state index is -5.08. The van der Waals surface area contributed by atoms with Gasteiger partial charge in [-0.25, -0.2) is 9.59 Å². The Labute approximate surface area is 129 Å². The third-order valence-corrected chi connectivity index (χ3v) is 3.49. The van der Waals surface area contributed by atoms with Crippen molar-refractivity contribution in [2.45, 2.75) is 31.6 Å². The summed E-state index contributed by atoms with van der Waals surface area (Å²) in [6, 6.07) is -0.0339. The van der Waals surface area contributed by atoms with Gasteiger partial charge >= 0.3 is 24.1 Å². The second-order valence-corrected chi connectivity index (χ2v) is 5.24. The smallest absolute Gasteiger partial charge is 0.481 e. The van der Waals surface area contributed by atoms with E-state index in [0.717, 1.165) is 19.6 Å². The summed E-state index contributed by atoms with van der Waals surface area (Å²) in [7, 11) is 0. The third-order valence-electron chi connectivity index (χ3n) is 3.49. The maximum atomic E-state index is 12.0. The SMILES string of the molecule is C[C@@H](CC(=O)O)N1C[C@@H]2CNCCN2C1=O.O=C(O)C(F)(F)F. The molecule has 0 unspecified atom stereocenters. The van der Waals surface area contributed by atoms with Crippen LogP contribution in [0, 0.1) is 0 Å². The van der Waals surface area contributed by atoms with E-state index in [1.807, 2.05) is 4.90 Å². The number of rotatable bonds is 3. The Morgan fingerprint density at radius 3 is 2.39 bits per heavy atom. The Kier molecular flexibility index (Phi) is 6.19. The first-order valence-electron chi connectivity index (χ1n) is 6.84. The lowest BCUT2D eigenvalue weighted by Crippen LogP contribution is -2.50. The van der Waals surface area contributed by atoms with Crippen molar-refractivity contribution in [2.75, 3.05) is 26.2 Å². The number of hydrogen-bond acceptors (Lipinski definition) is 4. The summed E-state index contributed by atoms with van der Waals surface area (Å²) in [6.07, 6.45) is -5.07. The van der Waals surface area contributed by atoms with Crippen LogP contribution in [0.25, 0.3) is 0 Å². The number of piperazine rings is 1. The number of aliphatic carboxylic acids is 2. The maximum absolute atomic E-state index is 12.0. The molecule has 0 aromatic carbocycles. The third kappa shape index (κ3) is 5.27. The van der Waals surface area contributed by atoms with E-state index in [4.69, 9.17) is 15.0 Å². The topological polar surface area (TPSA) is 110 Å². The number of alkyl halides is 3. The largest absolute Gasteiger partial charge is 0.490 e. The molecule has 2 aliphatic heterocycles. The first-order chi connectivity index (χ1) is 10.5. The Bertz CT molecular complexity index is 471. The van der Waals surface area contributed by atoms with E-state index >= 15 is 0 Å². The fraction of sp³-hybridized carbons (Fsp3) is 0.750. The average Bonchev–Trinajstić information content (AvgIpc) is 2.76. The number of amides is 2. The zero-order valence-corrected chi connectivity index (χ0v) is 12.3. The van der Waals surface area contributed by atoms with Crippen LogP contribution in [0.3, 0.4) is 0 Å². The van der Waals surface area contributed by atoms with E-state index in [0.29, 0.717) is 6.54 Å². The van der Waals surface area contributed by atoms with E-state index in [1.165, 1.54) is 0 Å². The molecule has 3 N–H and O–H groups in total. The zero-order valence-electron chi connectivity index (χ0n) is 12.3. The summed E-state index contributed by atoms with van der Waals surface area (Å²) in [5, 5.41) is 19.1. The van der Waals surface area contributed by atoms with Gasteiger partial charge in [0.2, 0.25) is 0 Å². The first kappa shape index (κ1) is 19.0. The number of carbonyl (C=O) groups is 3. The highest BCUT2D eigenvalue weighted by molar-refractivity contribution is 5.78. The van der Waals surface area contributed by atoms with Gasteiger partial charge in [0.05, 0.1) is 12.5 Å². The highest BCUT2D eigenvalue weighted by Gasteiger charge is 2.40. The summed E-state index contributed by atoms with van der Waals surface area (Å²) in [6.45, 7) is 4.78. The molecule has 2 rings (SSSR count). The number of halogens is 3. The van der Waals surface area contributed by atoms with Crippen LogP contribution in [0.1, 0.15) is 13.3 Å². The fourth-order valence-electron chi connectivity index (χ4n) is 2.38. The van der Waals surface area contributed by atoms with Crippen molar-refractivity contribution >= 4 is 18.0 Å². The monoisotopic (exact) mass is 341 g/mol. The average molecular weight is 341 g/mol. The molecule has 2 fully saturated rings. The van der Waals surface area contributed by atoms with Gasteiger partial charge in [-0.05, 0) is 6.92 Å². The highest BCUT2D eigenvalue weighted by atomic mass is 19.4. The fourth-order valence-corrected chi connectivity index (χ4v) is 2.38. The molecule has 23 heavy (non-hydrogen) atoms. The van der Waals surface area contributed by atoms with Crippen molar-refractivity contribution in [3.8, 4) is 0 Å². The minimum Gasteiger partial charge on any atom is -0.481 e. The number of urea groups is 1. The van der Waals surface area contributed by atoms with Crippen LogP contribution in [0.2, 0.25) is 0 Å². The molecule has 2 saturated heterocycles. The Hall–Kier alpha value is -2.04. The summed E-state index contributed by atoms with van der Waals surface area (Å²) >= 11 is 0. The zero-order chi connectivity index (χ0) is 17.8. The number of carboxylic acids is 2. The quantitative estimate of drug-likeness (QED) is 0.676. The van der Waals surface area contributed by atoms with E-state index in [1.54, 1.807) is 11.8 Å². The van der Waals surface area contributed by atoms with Crippen molar-refractivity contribution in [2.24, 2.45) is 0 Å². The second-order valence-electron chi connectivity index (χ2n) is 5.24. The molecule has 0 aromatic heterocycles. The molecule has 11 heteroatoms. The summed E-state index contributed by atoms with van der Waals surface area (Å²) in [5.74, 6) is -3.62. The van der Waals surface area contributed by atoms with Gasteiger partial charge in [-0.3, -0.25) is 4.79 Å². The molecular weight excluding hydrogens is 323 g/mol. The Morgan fingerprint density at radius 2 is 1.96 bits per heavy atom. The van der Waals surface area contributed by atoms with Crippen LogP contribution in [-0.4, -0.2) is 82.4 Å². The van der Waals surface area contributed by atoms with Gasteiger partial charge in [0, 0.05) is 32.2 Å². The lowest BCUT2D eigenvalue weighted by molar-refractivity contribution is -0.192. The lowest BCUT2D eigenvalue weighted by atomic mass is 10.2. The van der Waals surface area contributed by atoms with Gasteiger partial charge in [0.1, 0.15) is 0 Å². The Balaban J connectivity index is 0.000000322. The van der Waals surface area contributed by atoms with Gasteiger partial charge in [0.15, 0.2) is 0 Å². The number of fused-ring (bicyclic) bond motifs is 1. The molecule has 0 aliphatic carbocycles. The van der Waals surface area contributed by atoms with E-state index in [2.05, 4.69) is 5.32 Å². The number of nitrogens with one attached hydrogen (secondary N) is 1. The predicted octanol–water partition coefficient (Wildman–Crippen LogP) is 0.192. The Morgan fingerprint density at radius 1 is 1.39 bits per heavy atom. The molecule has 0 bridgehead atoms. The highest BCUT2D eigenvalue weighted by Crippen LogP contribution is 2.20. The number of carbonyl (C=O) groups excluding carboxylic acids is 1. The van der Waals surface area contributed by atoms with Crippen LogP contribution < -0.4 is 5.32 Å². The van der Waals surface area contributed by atoms with Crippen molar-refractivity contribution in [3.63, 3.8) is 0 Å².